The maximum Gasteiger partial charge on any atom is 0.222 e. The smallest absolute Gasteiger partial charge is 0.222 e. The summed E-state index contributed by atoms with van der Waals surface area (Å²) in [6.07, 6.45) is 7.41. The van der Waals surface area contributed by atoms with Gasteiger partial charge in [-0.1, -0.05) is 42.5 Å². The van der Waals surface area contributed by atoms with E-state index in [0.29, 0.717) is 6.42 Å². The lowest BCUT2D eigenvalue weighted by molar-refractivity contribution is -0.128. The first kappa shape index (κ1) is 21.6. The summed E-state index contributed by atoms with van der Waals surface area (Å²) >= 11 is 0. The molecule has 1 fully saturated rings. The van der Waals surface area contributed by atoms with Crippen LogP contribution in [-0.4, -0.2) is 47.5 Å². The minimum Gasteiger partial charge on any atom is -0.350 e. The summed E-state index contributed by atoms with van der Waals surface area (Å²) in [4.78, 5) is 16.1. The minimum atomic E-state index is 0.194. The number of likely N-dealkylation sites (tertiary alicyclic amines) is 1. The number of para-hydroxylation sites is 1. The van der Waals surface area contributed by atoms with Gasteiger partial charge in [0, 0.05) is 51.2 Å². The third-order valence-corrected chi connectivity index (χ3v) is 6.75. The predicted molar refractivity (Wildman–Crippen MR) is 128 cm³/mol. The second-order valence-corrected chi connectivity index (χ2v) is 9.31. The van der Waals surface area contributed by atoms with Crippen LogP contribution in [0.3, 0.4) is 0 Å². The molecule has 1 saturated heterocycles. The van der Waals surface area contributed by atoms with E-state index in [2.05, 4.69) is 71.2 Å². The molecule has 1 aliphatic heterocycles. The Kier molecular flexibility index (Phi) is 6.77. The molecule has 0 atom stereocenters. The van der Waals surface area contributed by atoms with Crippen LogP contribution in [0.4, 0.5) is 0 Å². The van der Waals surface area contributed by atoms with Gasteiger partial charge in [-0.2, -0.15) is 0 Å². The number of hydrogen-bond acceptors (Lipinski definition) is 2. The van der Waals surface area contributed by atoms with Crippen LogP contribution < -0.4 is 0 Å². The maximum atomic E-state index is 11.8. The van der Waals surface area contributed by atoms with E-state index < -0.39 is 0 Å². The second kappa shape index (κ2) is 9.69. The van der Waals surface area contributed by atoms with Crippen LogP contribution in [0.1, 0.15) is 36.0 Å². The van der Waals surface area contributed by atoms with Crippen molar-refractivity contribution in [1.82, 2.24) is 14.4 Å². The van der Waals surface area contributed by atoms with Gasteiger partial charge in [0.1, 0.15) is 0 Å². The van der Waals surface area contributed by atoms with Crippen molar-refractivity contribution >= 4 is 16.8 Å². The Balaban J connectivity index is 1.26. The molecule has 0 aliphatic carbocycles. The molecule has 164 valence electrons. The predicted octanol–water partition coefficient (Wildman–Crippen LogP) is 4.65. The third-order valence-electron chi connectivity index (χ3n) is 6.75. The van der Waals surface area contributed by atoms with Crippen LogP contribution in [0.5, 0.6) is 0 Å². The SMILES string of the molecule is CN(C)C(=O)CCc1ccc(CC2CCN(Cc3cn(C)c4ccccc34)CC2)cc1. The van der Waals surface area contributed by atoms with Crippen LogP contribution in [0, 0.1) is 5.92 Å². The molecule has 1 amide bonds. The number of hydrogen-bond donors (Lipinski definition) is 0. The largest absolute Gasteiger partial charge is 0.350 e. The van der Waals surface area contributed by atoms with Crippen LogP contribution >= 0.6 is 0 Å². The maximum absolute atomic E-state index is 11.8. The molecule has 4 nitrogen and oxygen atoms in total. The Morgan fingerprint density at radius 1 is 1.00 bits per heavy atom. The number of fused-ring (bicyclic) bond motifs is 1. The van der Waals surface area contributed by atoms with Crippen molar-refractivity contribution in [3.05, 3.63) is 71.4 Å². The monoisotopic (exact) mass is 417 g/mol. The first-order chi connectivity index (χ1) is 15.0. The number of aromatic nitrogens is 1. The van der Waals surface area contributed by atoms with E-state index in [9.17, 15) is 4.79 Å². The Hall–Kier alpha value is -2.59. The van der Waals surface area contributed by atoms with Crippen molar-refractivity contribution in [2.45, 2.75) is 38.6 Å². The number of aryl methyl sites for hydroxylation is 2. The first-order valence-corrected chi connectivity index (χ1v) is 11.5. The fourth-order valence-electron chi connectivity index (χ4n) is 4.79. The van der Waals surface area contributed by atoms with Crippen LogP contribution in [0.25, 0.3) is 10.9 Å². The molecule has 0 unspecified atom stereocenters. The number of carbonyl (C=O) groups is 1. The molecular weight excluding hydrogens is 382 g/mol. The molecule has 4 heteroatoms. The van der Waals surface area contributed by atoms with Crippen molar-refractivity contribution < 1.29 is 4.79 Å². The molecule has 3 aromatic rings. The van der Waals surface area contributed by atoms with E-state index in [1.54, 1.807) is 4.90 Å². The van der Waals surface area contributed by atoms with E-state index in [1.165, 1.54) is 59.9 Å². The topological polar surface area (TPSA) is 28.5 Å². The van der Waals surface area contributed by atoms with Gasteiger partial charge in [0.2, 0.25) is 5.91 Å². The molecule has 2 aromatic carbocycles. The van der Waals surface area contributed by atoms with Crippen LogP contribution in [0.2, 0.25) is 0 Å². The fourth-order valence-corrected chi connectivity index (χ4v) is 4.79. The molecule has 2 heterocycles. The van der Waals surface area contributed by atoms with E-state index >= 15 is 0 Å². The van der Waals surface area contributed by atoms with E-state index in [4.69, 9.17) is 0 Å². The zero-order valence-corrected chi connectivity index (χ0v) is 19.2. The quantitative estimate of drug-likeness (QED) is 0.560. The number of benzene rings is 2. The lowest BCUT2D eigenvalue weighted by atomic mass is 9.89. The normalized spacial score (nSPS) is 15.5. The van der Waals surface area contributed by atoms with Gasteiger partial charge < -0.3 is 9.47 Å². The standard InChI is InChI=1S/C27H35N3O/c1-28(2)27(31)13-12-21-8-10-22(11-9-21)18-23-14-16-30(17-15-23)20-24-19-29(3)26-7-5-4-6-25(24)26/h4-11,19,23H,12-18,20H2,1-3H3. The van der Waals surface area contributed by atoms with Gasteiger partial charge in [0.05, 0.1) is 0 Å². The Bertz CT molecular complexity index is 1010. The van der Waals surface area contributed by atoms with Crippen molar-refractivity contribution in [1.29, 1.82) is 0 Å². The van der Waals surface area contributed by atoms with Gasteiger partial charge in [-0.3, -0.25) is 9.69 Å². The number of rotatable bonds is 7. The highest BCUT2D eigenvalue weighted by Crippen LogP contribution is 2.26. The van der Waals surface area contributed by atoms with Gasteiger partial charge in [0.25, 0.3) is 0 Å². The minimum absolute atomic E-state index is 0.194. The molecule has 0 spiro atoms. The van der Waals surface area contributed by atoms with Gasteiger partial charge in [-0.15, -0.1) is 0 Å². The van der Waals surface area contributed by atoms with E-state index in [1.807, 2.05) is 14.1 Å². The molecule has 0 bridgehead atoms. The van der Waals surface area contributed by atoms with Gasteiger partial charge in [0.15, 0.2) is 0 Å². The average Bonchev–Trinajstić information content (AvgIpc) is 3.10. The summed E-state index contributed by atoms with van der Waals surface area (Å²) in [5.74, 6) is 0.962. The molecule has 0 saturated carbocycles. The molecule has 1 aromatic heterocycles. The Morgan fingerprint density at radius 2 is 1.68 bits per heavy atom. The highest BCUT2D eigenvalue weighted by molar-refractivity contribution is 5.83. The number of carbonyl (C=O) groups excluding carboxylic acids is 1. The molecular formula is C27H35N3O. The van der Waals surface area contributed by atoms with Gasteiger partial charge >= 0.3 is 0 Å². The number of amides is 1. The summed E-state index contributed by atoms with van der Waals surface area (Å²) in [6, 6.07) is 17.6. The molecule has 1 aliphatic rings. The molecule has 0 N–H and O–H groups in total. The Labute approximate surface area is 186 Å². The fraction of sp³-hybridized carbons (Fsp3) is 0.444. The molecule has 0 radical (unpaired) electrons. The summed E-state index contributed by atoms with van der Waals surface area (Å²) in [7, 11) is 5.78. The molecule has 31 heavy (non-hydrogen) atoms. The average molecular weight is 418 g/mol. The lowest BCUT2D eigenvalue weighted by Crippen LogP contribution is -2.33. The second-order valence-electron chi connectivity index (χ2n) is 9.31. The van der Waals surface area contributed by atoms with Crippen molar-refractivity contribution in [2.75, 3.05) is 27.2 Å². The summed E-state index contributed by atoms with van der Waals surface area (Å²) < 4.78 is 2.25. The van der Waals surface area contributed by atoms with Gasteiger partial charge in [-0.05, 0) is 67.4 Å². The zero-order valence-electron chi connectivity index (χ0n) is 19.2. The summed E-state index contributed by atoms with van der Waals surface area (Å²) in [5, 5.41) is 1.39. The van der Waals surface area contributed by atoms with Crippen molar-refractivity contribution in [3.8, 4) is 0 Å². The lowest BCUT2D eigenvalue weighted by Gasteiger charge is -2.32. The summed E-state index contributed by atoms with van der Waals surface area (Å²) in [6.45, 7) is 3.41. The zero-order chi connectivity index (χ0) is 21.8. The first-order valence-electron chi connectivity index (χ1n) is 11.5. The van der Waals surface area contributed by atoms with Crippen LogP contribution in [-0.2, 0) is 31.2 Å². The molecule has 4 rings (SSSR count). The van der Waals surface area contributed by atoms with Crippen LogP contribution in [0.15, 0.2) is 54.7 Å². The van der Waals surface area contributed by atoms with Crippen molar-refractivity contribution in [3.63, 3.8) is 0 Å². The highest BCUT2D eigenvalue weighted by atomic mass is 16.2. The number of piperidine rings is 1. The summed E-state index contributed by atoms with van der Waals surface area (Å²) in [5.41, 5.74) is 5.45. The Morgan fingerprint density at radius 3 is 2.39 bits per heavy atom. The highest BCUT2D eigenvalue weighted by Gasteiger charge is 2.20. The third kappa shape index (κ3) is 5.37. The van der Waals surface area contributed by atoms with E-state index in [0.717, 1.165) is 18.9 Å². The van der Waals surface area contributed by atoms with Crippen molar-refractivity contribution in [2.24, 2.45) is 13.0 Å². The van der Waals surface area contributed by atoms with E-state index in [-0.39, 0.29) is 5.91 Å². The number of nitrogens with zero attached hydrogens (tertiary/aromatic N) is 3. The van der Waals surface area contributed by atoms with Gasteiger partial charge in [-0.25, -0.2) is 0 Å².